The van der Waals surface area contributed by atoms with Crippen molar-refractivity contribution in [1.82, 2.24) is 24.6 Å². The number of halogens is 3. The van der Waals surface area contributed by atoms with E-state index in [4.69, 9.17) is 4.74 Å². The first-order chi connectivity index (χ1) is 15.2. The minimum Gasteiger partial charge on any atom is -0.365 e. The number of ether oxygens (including phenoxy) is 1. The van der Waals surface area contributed by atoms with E-state index in [1.807, 2.05) is 13.0 Å². The molecule has 2 aromatic heterocycles. The number of fused-ring (bicyclic) bond motifs is 1. The van der Waals surface area contributed by atoms with Crippen molar-refractivity contribution in [3.63, 3.8) is 0 Å². The summed E-state index contributed by atoms with van der Waals surface area (Å²) >= 11 is 0. The molecule has 1 saturated heterocycles. The monoisotopic (exact) mass is 450 g/mol. The minimum atomic E-state index is -4.59. The summed E-state index contributed by atoms with van der Waals surface area (Å²) in [4.78, 5) is 32.5. The van der Waals surface area contributed by atoms with Crippen LogP contribution in [0, 0.1) is 6.92 Å². The molecule has 32 heavy (non-hydrogen) atoms. The number of H-pyrrole nitrogens is 1. The van der Waals surface area contributed by atoms with Gasteiger partial charge >= 0.3 is 6.18 Å². The van der Waals surface area contributed by atoms with Gasteiger partial charge in [0.25, 0.3) is 5.91 Å². The maximum Gasteiger partial charge on any atom is 0.449 e. The highest BCUT2D eigenvalue weighted by Gasteiger charge is 2.35. The Balaban J connectivity index is 1.36. The van der Waals surface area contributed by atoms with E-state index in [9.17, 15) is 22.8 Å². The minimum absolute atomic E-state index is 0.0906. The highest BCUT2D eigenvalue weighted by atomic mass is 19.4. The van der Waals surface area contributed by atoms with Crippen molar-refractivity contribution in [2.24, 2.45) is 0 Å². The lowest BCUT2D eigenvalue weighted by atomic mass is 10.2. The Morgan fingerprint density at radius 1 is 1.31 bits per heavy atom. The van der Waals surface area contributed by atoms with Gasteiger partial charge in [0.05, 0.1) is 24.2 Å². The van der Waals surface area contributed by atoms with E-state index in [1.165, 1.54) is 18.2 Å². The van der Waals surface area contributed by atoms with Gasteiger partial charge in [0.15, 0.2) is 6.10 Å². The number of nitrogens with zero attached hydrogens (tertiary/aromatic N) is 4. The summed E-state index contributed by atoms with van der Waals surface area (Å²) in [5.74, 6) is -1.70. The average molecular weight is 450 g/mol. The molecule has 4 rings (SSSR count). The topological polar surface area (TPSA) is 105 Å². The Bertz CT molecular complexity index is 1140. The maximum absolute atomic E-state index is 12.8. The molecular weight excluding hydrogens is 429 g/mol. The number of benzene rings is 1. The highest BCUT2D eigenvalue weighted by molar-refractivity contribution is 5.96. The van der Waals surface area contributed by atoms with Gasteiger partial charge < -0.3 is 19.9 Å². The van der Waals surface area contributed by atoms with E-state index < -0.39 is 24.0 Å². The maximum atomic E-state index is 12.8. The van der Waals surface area contributed by atoms with Gasteiger partial charge in [-0.2, -0.15) is 18.3 Å². The summed E-state index contributed by atoms with van der Waals surface area (Å²) in [6, 6.07) is 6.06. The highest BCUT2D eigenvalue weighted by Crippen LogP contribution is 2.29. The molecular formula is C20H21F3N6O3. The number of anilines is 1. The lowest BCUT2D eigenvalue weighted by Crippen LogP contribution is -2.50. The smallest absolute Gasteiger partial charge is 0.365 e. The molecule has 0 bridgehead atoms. The van der Waals surface area contributed by atoms with Gasteiger partial charge in [-0.3, -0.25) is 14.3 Å². The van der Waals surface area contributed by atoms with Crippen LogP contribution in [0.3, 0.4) is 0 Å². The van der Waals surface area contributed by atoms with E-state index in [2.05, 4.69) is 20.4 Å². The number of carbonyl (C=O) groups is 2. The van der Waals surface area contributed by atoms with E-state index in [-0.39, 0.29) is 36.5 Å². The molecule has 12 heteroatoms. The number of nitrogens with one attached hydrogen (secondary N) is 2. The number of aromatic nitrogens is 4. The number of aryl methyl sites for hydroxylation is 2. The zero-order valence-electron chi connectivity index (χ0n) is 17.1. The SMILES string of the molecule is Cc1ccnn1CCC(=O)N1CCOC(C(=O)Nc2ccc3nc(C(F)(F)F)[nH]c3c2)C1. The van der Waals surface area contributed by atoms with Crippen molar-refractivity contribution in [3.05, 3.63) is 42.0 Å². The van der Waals surface area contributed by atoms with Crippen LogP contribution < -0.4 is 5.32 Å². The Kier molecular flexibility index (Phi) is 5.87. The van der Waals surface area contributed by atoms with Gasteiger partial charge in [0.1, 0.15) is 0 Å². The van der Waals surface area contributed by atoms with Gasteiger partial charge in [-0.15, -0.1) is 0 Å². The fourth-order valence-corrected chi connectivity index (χ4v) is 3.47. The zero-order chi connectivity index (χ0) is 22.9. The van der Waals surface area contributed by atoms with Crippen molar-refractivity contribution >= 4 is 28.5 Å². The predicted octanol–water partition coefficient (Wildman–Crippen LogP) is 2.34. The Labute approximate surface area is 180 Å². The molecule has 2 N–H and O–H groups in total. The van der Waals surface area contributed by atoms with Crippen LogP contribution in [0.25, 0.3) is 11.0 Å². The van der Waals surface area contributed by atoms with E-state index in [0.29, 0.717) is 18.8 Å². The second kappa shape index (κ2) is 8.61. The van der Waals surface area contributed by atoms with Gasteiger partial charge in [-0.1, -0.05) is 0 Å². The van der Waals surface area contributed by atoms with Crippen LogP contribution in [0.4, 0.5) is 18.9 Å². The number of imidazole rings is 1. The largest absolute Gasteiger partial charge is 0.449 e. The molecule has 1 fully saturated rings. The van der Waals surface area contributed by atoms with Crippen LogP contribution in [-0.4, -0.2) is 62.3 Å². The Morgan fingerprint density at radius 3 is 2.84 bits per heavy atom. The second-order valence-electron chi connectivity index (χ2n) is 7.45. The first-order valence-electron chi connectivity index (χ1n) is 9.96. The molecule has 1 atom stereocenters. The standard InChI is InChI=1S/C20H21F3N6O3/c1-12-4-6-24-29(12)7-5-17(30)28-8-9-32-16(11-28)18(31)25-13-2-3-14-15(10-13)27-19(26-14)20(21,22)23/h2-4,6,10,16H,5,7-9,11H2,1H3,(H,25,31)(H,26,27). The Hall–Kier alpha value is -3.41. The van der Waals surface area contributed by atoms with Crippen molar-refractivity contribution in [2.75, 3.05) is 25.0 Å². The lowest BCUT2D eigenvalue weighted by molar-refractivity contribution is -0.145. The summed E-state index contributed by atoms with van der Waals surface area (Å²) in [5, 5.41) is 6.78. The molecule has 0 saturated carbocycles. The zero-order valence-corrected chi connectivity index (χ0v) is 17.1. The van der Waals surface area contributed by atoms with Gasteiger partial charge in [0, 0.05) is 37.1 Å². The number of rotatable bonds is 5. The summed E-state index contributed by atoms with van der Waals surface area (Å²) in [6.07, 6.45) is -3.57. The molecule has 9 nitrogen and oxygen atoms in total. The van der Waals surface area contributed by atoms with E-state index in [1.54, 1.807) is 15.8 Å². The molecule has 2 amide bonds. The van der Waals surface area contributed by atoms with Crippen LogP contribution in [0.1, 0.15) is 17.9 Å². The van der Waals surface area contributed by atoms with Crippen LogP contribution in [0.5, 0.6) is 0 Å². The molecule has 1 aliphatic rings. The second-order valence-corrected chi connectivity index (χ2v) is 7.45. The van der Waals surface area contributed by atoms with Crippen molar-refractivity contribution in [3.8, 4) is 0 Å². The quantitative estimate of drug-likeness (QED) is 0.621. The average Bonchev–Trinajstić information content (AvgIpc) is 3.37. The van der Waals surface area contributed by atoms with Crippen molar-refractivity contribution in [1.29, 1.82) is 0 Å². The third kappa shape index (κ3) is 4.74. The van der Waals surface area contributed by atoms with Crippen LogP contribution >= 0.6 is 0 Å². The number of carbonyl (C=O) groups excluding carboxylic acids is 2. The van der Waals surface area contributed by atoms with Gasteiger partial charge in [-0.25, -0.2) is 4.98 Å². The molecule has 3 aromatic rings. The van der Waals surface area contributed by atoms with E-state index in [0.717, 1.165) is 5.69 Å². The van der Waals surface area contributed by atoms with Crippen molar-refractivity contribution in [2.45, 2.75) is 32.2 Å². The normalized spacial score (nSPS) is 17.0. The number of hydrogen-bond acceptors (Lipinski definition) is 5. The molecule has 0 spiro atoms. The summed E-state index contributed by atoms with van der Waals surface area (Å²) in [7, 11) is 0. The fourth-order valence-electron chi connectivity index (χ4n) is 3.47. The summed E-state index contributed by atoms with van der Waals surface area (Å²) < 4.78 is 45.7. The number of alkyl halides is 3. The summed E-state index contributed by atoms with van der Waals surface area (Å²) in [6.45, 7) is 3.01. The molecule has 1 unspecified atom stereocenters. The molecule has 1 aromatic carbocycles. The van der Waals surface area contributed by atoms with Gasteiger partial charge in [-0.05, 0) is 31.2 Å². The van der Waals surface area contributed by atoms with Crippen LogP contribution in [0.2, 0.25) is 0 Å². The van der Waals surface area contributed by atoms with Gasteiger partial charge in [0.2, 0.25) is 11.7 Å². The first kappa shape index (κ1) is 21.8. The third-order valence-electron chi connectivity index (χ3n) is 5.20. The Morgan fingerprint density at radius 2 is 2.12 bits per heavy atom. The molecule has 0 radical (unpaired) electrons. The van der Waals surface area contributed by atoms with E-state index >= 15 is 0 Å². The number of hydrogen-bond donors (Lipinski definition) is 2. The lowest BCUT2D eigenvalue weighted by Gasteiger charge is -2.32. The first-order valence-corrected chi connectivity index (χ1v) is 9.96. The third-order valence-corrected chi connectivity index (χ3v) is 5.20. The number of morpholine rings is 1. The number of amides is 2. The molecule has 1 aliphatic heterocycles. The number of aromatic amines is 1. The van der Waals surface area contributed by atoms with Crippen LogP contribution in [0.15, 0.2) is 30.5 Å². The molecule has 3 heterocycles. The molecule has 170 valence electrons. The fraction of sp³-hybridized carbons (Fsp3) is 0.400. The molecule has 0 aliphatic carbocycles. The van der Waals surface area contributed by atoms with Crippen molar-refractivity contribution < 1.29 is 27.5 Å². The predicted molar refractivity (Wildman–Crippen MR) is 108 cm³/mol. The summed E-state index contributed by atoms with van der Waals surface area (Å²) in [5.41, 5.74) is 1.52. The van der Waals surface area contributed by atoms with Crippen LogP contribution in [-0.2, 0) is 27.0 Å².